The van der Waals surface area contributed by atoms with Crippen LogP contribution in [0.2, 0.25) is 5.02 Å². The number of carbonyl (C=O) groups excluding carboxylic acids is 1. The lowest BCUT2D eigenvalue weighted by Gasteiger charge is -2.16. The van der Waals surface area contributed by atoms with E-state index in [1.54, 1.807) is 30.0 Å². The van der Waals surface area contributed by atoms with Crippen LogP contribution in [0, 0.1) is 0 Å². The van der Waals surface area contributed by atoms with Gasteiger partial charge in [0.15, 0.2) is 0 Å². The molecule has 0 heterocycles. The van der Waals surface area contributed by atoms with Crippen molar-refractivity contribution in [3.63, 3.8) is 0 Å². The largest absolute Gasteiger partial charge is 0.348 e. The van der Waals surface area contributed by atoms with Crippen LogP contribution < -0.4 is 5.32 Å². The van der Waals surface area contributed by atoms with Crippen LogP contribution in [0.15, 0.2) is 23.1 Å². The molecule has 0 radical (unpaired) electrons. The maximum atomic E-state index is 12.0. The van der Waals surface area contributed by atoms with Gasteiger partial charge in [-0.2, -0.15) is 11.8 Å². The summed E-state index contributed by atoms with van der Waals surface area (Å²) in [5, 5.41) is 3.43. The van der Waals surface area contributed by atoms with Crippen molar-refractivity contribution in [3.05, 3.63) is 28.8 Å². The molecule has 1 atom stereocenters. The number of hydrogen-bond acceptors (Lipinski definition) is 3. The molecule has 17 heavy (non-hydrogen) atoms. The van der Waals surface area contributed by atoms with Crippen LogP contribution in [-0.4, -0.2) is 24.0 Å². The van der Waals surface area contributed by atoms with Crippen molar-refractivity contribution >= 4 is 41.9 Å². The average molecular weight is 290 g/mol. The molecule has 1 unspecified atom stereocenters. The van der Waals surface area contributed by atoms with Gasteiger partial charge in [-0.25, -0.2) is 0 Å². The third kappa shape index (κ3) is 4.45. The first-order valence-electron chi connectivity index (χ1n) is 5.36. The normalized spacial score (nSPS) is 12.2. The number of benzene rings is 1. The monoisotopic (exact) mass is 289 g/mol. The Labute approximate surface area is 117 Å². The van der Waals surface area contributed by atoms with E-state index in [0.29, 0.717) is 10.6 Å². The van der Waals surface area contributed by atoms with E-state index in [2.05, 4.69) is 24.9 Å². The van der Waals surface area contributed by atoms with Gasteiger partial charge >= 0.3 is 0 Å². The molecular formula is C12H16ClNOS2. The minimum Gasteiger partial charge on any atom is -0.348 e. The Morgan fingerprint density at radius 1 is 1.59 bits per heavy atom. The lowest BCUT2D eigenvalue weighted by molar-refractivity contribution is 0.0940. The summed E-state index contributed by atoms with van der Waals surface area (Å²) in [6, 6.07) is 5.32. The van der Waals surface area contributed by atoms with Gasteiger partial charge in [-0.05, 0) is 30.9 Å². The van der Waals surface area contributed by atoms with E-state index >= 15 is 0 Å². The fraction of sp³-hybridized carbons (Fsp3) is 0.417. The zero-order valence-electron chi connectivity index (χ0n) is 9.87. The second-order valence-electron chi connectivity index (χ2n) is 3.70. The third-order valence-corrected chi connectivity index (χ3v) is 3.73. The van der Waals surface area contributed by atoms with E-state index in [1.807, 2.05) is 6.26 Å². The molecule has 1 aromatic rings. The molecule has 0 aliphatic heterocycles. The van der Waals surface area contributed by atoms with Crippen LogP contribution in [0.4, 0.5) is 0 Å². The zero-order valence-corrected chi connectivity index (χ0v) is 12.3. The molecule has 5 heteroatoms. The lowest BCUT2D eigenvalue weighted by atomic mass is 10.2. The highest BCUT2D eigenvalue weighted by Crippen LogP contribution is 2.19. The third-order valence-electron chi connectivity index (χ3n) is 2.39. The highest BCUT2D eigenvalue weighted by molar-refractivity contribution is 7.98. The van der Waals surface area contributed by atoms with Crippen molar-refractivity contribution < 1.29 is 4.79 Å². The smallest absolute Gasteiger partial charge is 0.253 e. The summed E-state index contributed by atoms with van der Waals surface area (Å²) in [7, 11) is 0. The van der Waals surface area contributed by atoms with Crippen molar-refractivity contribution in [1.82, 2.24) is 5.32 Å². The Morgan fingerprint density at radius 2 is 2.29 bits per heavy atom. The van der Waals surface area contributed by atoms with Crippen molar-refractivity contribution in [1.29, 1.82) is 0 Å². The molecule has 1 N–H and O–H groups in total. The van der Waals surface area contributed by atoms with Gasteiger partial charge in [0.25, 0.3) is 5.91 Å². The Bertz CT molecular complexity index is 398. The second kappa shape index (κ2) is 7.19. The SMILES string of the molecule is CCC(CSC)NC(=O)c1cc(S)ccc1Cl. The molecule has 0 spiro atoms. The lowest BCUT2D eigenvalue weighted by Crippen LogP contribution is -2.36. The Morgan fingerprint density at radius 3 is 2.88 bits per heavy atom. The molecule has 0 bridgehead atoms. The number of carbonyl (C=O) groups is 1. The predicted molar refractivity (Wildman–Crippen MR) is 78.6 cm³/mol. The number of rotatable bonds is 5. The van der Waals surface area contributed by atoms with Crippen LogP contribution in [0.25, 0.3) is 0 Å². The molecule has 1 rings (SSSR count). The summed E-state index contributed by atoms with van der Waals surface area (Å²) in [5.41, 5.74) is 0.485. The first-order chi connectivity index (χ1) is 8.08. The summed E-state index contributed by atoms with van der Waals surface area (Å²) in [6.07, 6.45) is 2.93. The van der Waals surface area contributed by atoms with E-state index < -0.39 is 0 Å². The molecule has 94 valence electrons. The van der Waals surface area contributed by atoms with Crippen LogP contribution in [0.3, 0.4) is 0 Å². The van der Waals surface area contributed by atoms with E-state index in [4.69, 9.17) is 11.6 Å². The molecule has 0 saturated heterocycles. The number of amides is 1. The molecule has 0 aliphatic rings. The fourth-order valence-electron chi connectivity index (χ4n) is 1.41. The zero-order chi connectivity index (χ0) is 12.8. The number of halogens is 1. The van der Waals surface area contributed by atoms with Crippen LogP contribution in [0.1, 0.15) is 23.7 Å². The molecule has 0 fully saturated rings. The van der Waals surface area contributed by atoms with Gasteiger partial charge < -0.3 is 5.32 Å². The summed E-state index contributed by atoms with van der Waals surface area (Å²) >= 11 is 11.9. The van der Waals surface area contributed by atoms with Gasteiger partial charge in [0.05, 0.1) is 10.6 Å². The number of thiol groups is 1. The van der Waals surface area contributed by atoms with Gasteiger partial charge in [0.1, 0.15) is 0 Å². The predicted octanol–water partition coefficient (Wildman–Crippen LogP) is 3.50. The number of thioether (sulfide) groups is 1. The molecule has 0 aromatic heterocycles. The van der Waals surface area contributed by atoms with Crippen LogP contribution in [0.5, 0.6) is 0 Å². The second-order valence-corrected chi connectivity index (χ2v) is 5.53. The highest BCUT2D eigenvalue weighted by Gasteiger charge is 2.14. The minimum absolute atomic E-state index is 0.133. The first-order valence-corrected chi connectivity index (χ1v) is 7.58. The van der Waals surface area contributed by atoms with E-state index in [0.717, 1.165) is 17.1 Å². The van der Waals surface area contributed by atoms with Gasteiger partial charge in [-0.1, -0.05) is 18.5 Å². The minimum atomic E-state index is -0.133. The molecule has 0 aliphatic carbocycles. The van der Waals surface area contributed by atoms with Gasteiger partial charge in [-0.3, -0.25) is 4.79 Å². The van der Waals surface area contributed by atoms with E-state index in [1.165, 1.54) is 0 Å². The number of nitrogens with one attached hydrogen (secondary N) is 1. The molecule has 0 saturated carbocycles. The summed E-state index contributed by atoms with van der Waals surface area (Å²) < 4.78 is 0. The van der Waals surface area contributed by atoms with Gasteiger partial charge in [-0.15, -0.1) is 12.6 Å². The topological polar surface area (TPSA) is 29.1 Å². The summed E-state index contributed by atoms with van der Waals surface area (Å²) in [5.74, 6) is 0.771. The molecule has 1 aromatic carbocycles. The van der Waals surface area contributed by atoms with Crippen LogP contribution >= 0.6 is 36.0 Å². The number of hydrogen-bond donors (Lipinski definition) is 2. The fourth-order valence-corrected chi connectivity index (χ4v) is 2.54. The molecule has 1 amide bonds. The average Bonchev–Trinajstić information content (AvgIpc) is 2.31. The Kier molecular flexibility index (Phi) is 6.23. The summed E-state index contributed by atoms with van der Waals surface area (Å²) in [4.78, 5) is 12.8. The van der Waals surface area contributed by atoms with E-state index in [-0.39, 0.29) is 11.9 Å². The summed E-state index contributed by atoms with van der Waals surface area (Å²) in [6.45, 7) is 2.05. The molecular weight excluding hydrogens is 274 g/mol. The highest BCUT2D eigenvalue weighted by atomic mass is 35.5. The van der Waals surface area contributed by atoms with Crippen molar-refractivity contribution in [2.24, 2.45) is 0 Å². The first kappa shape index (κ1) is 14.7. The van der Waals surface area contributed by atoms with Gasteiger partial charge in [0, 0.05) is 16.7 Å². The van der Waals surface area contributed by atoms with Crippen molar-refractivity contribution in [2.45, 2.75) is 24.3 Å². The standard InChI is InChI=1S/C12H16ClNOS2/c1-3-8(7-17-2)14-12(15)10-6-9(16)4-5-11(10)13/h4-6,8,16H,3,7H2,1-2H3,(H,14,15). The van der Waals surface area contributed by atoms with Crippen molar-refractivity contribution in [2.75, 3.05) is 12.0 Å². The molecule has 2 nitrogen and oxygen atoms in total. The van der Waals surface area contributed by atoms with Crippen LogP contribution in [-0.2, 0) is 0 Å². The van der Waals surface area contributed by atoms with Gasteiger partial charge in [0.2, 0.25) is 0 Å². The van der Waals surface area contributed by atoms with Crippen molar-refractivity contribution in [3.8, 4) is 0 Å². The Balaban J connectivity index is 2.78. The maximum absolute atomic E-state index is 12.0. The maximum Gasteiger partial charge on any atom is 0.253 e. The Hall–Kier alpha value is -0.320. The van der Waals surface area contributed by atoms with E-state index in [9.17, 15) is 4.79 Å². The quantitative estimate of drug-likeness (QED) is 0.813.